The highest BCUT2D eigenvalue weighted by Gasteiger charge is 2.31. The van der Waals surface area contributed by atoms with E-state index in [1.54, 1.807) is 17.0 Å². The van der Waals surface area contributed by atoms with Crippen LogP contribution in [0.2, 0.25) is 0 Å². The minimum absolute atomic E-state index is 0.0358. The Balaban J connectivity index is 2.27. The second-order valence-corrected chi connectivity index (χ2v) is 7.31. The van der Waals surface area contributed by atoms with Gasteiger partial charge in [0.25, 0.3) is 5.91 Å². The summed E-state index contributed by atoms with van der Waals surface area (Å²) in [5.41, 5.74) is 1.30. The Labute approximate surface area is 176 Å². The van der Waals surface area contributed by atoms with Crippen LogP contribution in [-0.2, 0) is 9.53 Å². The van der Waals surface area contributed by atoms with Crippen LogP contribution in [0.15, 0.2) is 24.8 Å². The largest absolute Gasteiger partial charge is 0.493 e. The third-order valence-electron chi connectivity index (χ3n) is 4.89. The van der Waals surface area contributed by atoms with Gasteiger partial charge in [-0.05, 0) is 44.7 Å². The number of ketones is 1. The van der Waals surface area contributed by atoms with Crippen molar-refractivity contribution < 1.29 is 29.0 Å². The van der Waals surface area contributed by atoms with Gasteiger partial charge in [0, 0.05) is 19.0 Å². The Morgan fingerprint density at radius 3 is 2.80 bits per heavy atom. The third-order valence-corrected chi connectivity index (χ3v) is 4.89. The van der Waals surface area contributed by atoms with Crippen molar-refractivity contribution in [2.24, 2.45) is 0 Å². The number of aryl methyl sites for hydroxylation is 1. The number of carbonyl (C=O) groups is 3. The van der Waals surface area contributed by atoms with Crippen molar-refractivity contribution in [2.45, 2.75) is 45.6 Å². The summed E-state index contributed by atoms with van der Waals surface area (Å²) in [5, 5.41) is 12.2. The summed E-state index contributed by atoms with van der Waals surface area (Å²) < 4.78 is 10.7. The smallest absolute Gasteiger partial charge is 0.411 e. The average Bonchev–Trinajstić information content (AvgIpc) is 3.19. The Kier molecular flexibility index (Phi) is 8.86. The fraction of sp³-hybridized carbons (Fsp3) is 0.500. The third kappa shape index (κ3) is 6.32. The van der Waals surface area contributed by atoms with Crippen LogP contribution in [0.1, 0.15) is 48.5 Å². The molecule has 0 unspecified atom stereocenters. The highest BCUT2D eigenvalue weighted by Crippen LogP contribution is 2.30. The second kappa shape index (κ2) is 11.3. The Morgan fingerprint density at radius 1 is 1.37 bits per heavy atom. The first-order chi connectivity index (χ1) is 14.4. The Hall–Kier alpha value is -2.87. The number of Topliss-reactive ketones (excluding diaryl/α,β-unsaturated/α-hetero) is 1. The molecule has 0 aliphatic carbocycles. The molecule has 1 aliphatic heterocycles. The number of amides is 2. The zero-order valence-electron chi connectivity index (χ0n) is 17.6. The van der Waals surface area contributed by atoms with E-state index in [4.69, 9.17) is 9.47 Å². The number of nitrogens with zero attached hydrogens (tertiary/aromatic N) is 1. The molecule has 1 saturated heterocycles. The number of hydrogen-bond donors (Lipinski definition) is 2. The van der Waals surface area contributed by atoms with Crippen molar-refractivity contribution in [3.05, 3.63) is 35.9 Å². The van der Waals surface area contributed by atoms with Gasteiger partial charge in [0.2, 0.25) is 0 Å². The second-order valence-electron chi connectivity index (χ2n) is 7.31. The minimum atomic E-state index is -0.713. The lowest BCUT2D eigenvalue weighted by Crippen LogP contribution is -2.38. The van der Waals surface area contributed by atoms with E-state index in [0.717, 1.165) is 18.4 Å². The lowest BCUT2D eigenvalue weighted by atomic mass is 10.1. The van der Waals surface area contributed by atoms with Gasteiger partial charge < -0.3 is 24.3 Å². The molecule has 164 valence electrons. The van der Waals surface area contributed by atoms with Crippen molar-refractivity contribution in [2.75, 3.05) is 31.7 Å². The summed E-state index contributed by atoms with van der Waals surface area (Å²) in [6.07, 6.45) is 3.29. The number of likely N-dealkylation sites (tertiary alicyclic amines) is 1. The molecule has 8 heteroatoms. The maximum Gasteiger partial charge on any atom is 0.411 e. The number of ether oxygens (including phenoxy) is 2. The van der Waals surface area contributed by atoms with Crippen molar-refractivity contribution in [1.82, 2.24) is 4.90 Å². The standard InChI is InChI=1S/C22H30N2O6/c1-4-10-30-22(28)23-19-13-20(29-11-6-7-16(3)26)15(2)12-18(19)21(27)24-9-5-8-17(24)14-25/h4,12-13,17,25H,1,5-11,14H2,2-3H3,(H,23,28)/t17-/m0/s1. The SMILES string of the molecule is C=CCOC(=O)Nc1cc(OCCCC(C)=O)c(C)cc1C(=O)N1CCC[C@H]1CO. The van der Waals surface area contributed by atoms with Gasteiger partial charge in [-0.1, -0.05) is 12.7 Å². The summed E-state index contributed by atoms with van der Waals surface area (Å²) >= 11 is 0. The molecular weight excluding hydrogens is 388 g/mol. The van der Waals surface area contributed by atoms with Crippen molar-refractivity contribution in [3.63, 3.8) is 0 Å². The maximum absolute atomic E-state index is 13.2. The number of aliphatic hydroxyl groups is 1. The van der Waals surface area contributed by atoms with Crippen LogP contribution in [0.3, 0.4) is 0 Å². The fourth-order valence-electron chi connectivity index (χ4n) is 3.36. The molecule has 8 nitrogen and oxygen atoms in total. The highest BCUT2D eigenvalue weighted by atomic mass is 16.5. The molecule has 0 radical (unpaired) electrons. The quantitative estimate of drug-likeness (QED) is 0.447. The van der Waals surface area contributed by atoms with Crippen molar-refractivity contribution in [3.8, 4) is 5.75 Å². The molecule has 1 aromatic rings. The summed E-state index contributed by atoms with van der Waals surface area (Å²) in [5.74, 6) is 0.332. The van der Waals surface area contributed by atoms with Crippen LogP contribution in [-0.4, -0.2) is 60.2 Å². The van der Waals surface area contributed by atoms with E-state index in [0.29, 0.717) is 37.3 Å². The fourth-order valence-corrected chi connectivity index (χ4v) is 3.36. The maximum atomic E-state index is 13.2. The van der Waals surface area contributed by atoms with E-state index in [2.05, 4.69) is 11.9 Å². The zero-order chi connectivity index (χ0) is 22.1. The van der Waals surface area contributed by atoms with Crippen LogP contribution in [0.25, 0.3) is 0 Å². The molecular formula is C22H30N2O6. The van der Waals surface area contributed by atoms with E-state index in [1.807, 2.05) is 6.92 Å². The normalized spacial score (nSPS) is 15.6. The van der Waals surface area contributed by atoms with E-state index < -0.39 is 6.09 Å². The predicted octanol–water partition coefficient (Wildman–Crippen LogP) is 3.07. The number of rotatable bonds is 10. The summed E-state index contributed by atoms with van der Waals surface area (Å²) in [6.45, 7) is 7.66. The molecule has 0 spiro atoms. The molecule has 1 heterocycles. The van der Waals surface area contributed by atoms with Gasteiger partial charge in [0.15, 0.2) is 0 Å². The van der Waals surface area contributed by atoms with E-state index >= 15 is 0 Å². The number of hydrogen-bond acceptors (Lipinski definition) is 6. The van der Waals surface area contributed by atoms with Crippen LogP contribution < -0.4 is 10.1 Å². The molecule has 0 aromatic heterocycles. The average molecular weight is 418 g/mol. The van der Waals surface area contributed by atoms with E-state index in [9.17, 15) is 19.5 Å². The first-order valence-corrected chi connectivity index (χ1v) is 10.1. The molecule has 1 fully saturated rings. The van der Waals surface area contributed by atoms with E-state index in [-0.39, 0.29) is 36.6 Å². The lowest BCUT2D eigenvalue weighted by molar-refractivity contribution is -0.117. The van der Waals surface area contributed by atoms with Gasteiger partial charge in [0.1, 0.15) is 18.1 Å². The number of carbonyl (C=O) groups excluding carboxylic acids is 3. The predicted molar refractivity (Wildman–Crippen MR) is 113 cm³/mol. The lowest BCUT2D eigenvalue weighted by Gasteiger charge is -2.25. The highest BCUT2D eigenvalue weighted by molar-refractivity contribution is 6.03. The van der Waals surface area contributed by atoms with Crippen molar-refractivity contribution in [1.29, 1.82) is 0 Å². The number of benzene rings is 1. The van der Waals surface area contributed by atoms with Crippen LogP contribution in [0.5, 0.6) is 5.75 Å². The van der Waals surface area contributed by atoms with Crippen molar-refractivity contribution >= 4 is 23.5 Å². The number of anilines is 1. The Bertz CT molecular complexity index is 792. The molecule has 0 bridgehead atoms. The van der Waals surface area contributed by atoms with Gasteiger partial charge in [0.05, 0.1) is 30.5 Å². The van der Waals surface area contributed by atoms with Gasteiger partial charge in [-0.3, -0.25) is 10.1 Å². The molecule has 1 atom stereocenters. The molecule has 2 rings (SSSR count). The molecule has 1 aromatic carbocycles. The number of nitrogens with one attached hydrogen (secondary N) is 1. The van der Waals surface area contributed by atoms with E-state index in [1.165, 1.54) is 13.0 Å². The summed E-state index contributed by atoms with van der Waals surface area (Å²) in [4.78, 5) is 38.0. The zero-order valence-corrected chi connectivity index (χ0v) is 17.6. The van der Waals surface area contributed by atoms with Crippen LogP contribution >= 0.6 is 0 Å². The molecule has 0 saturated carbocycles. The van der Waals surface area contributed by atoms with Gasteiger partial charge in [-0.25, -0.2) is 4.79 Å². The van der Waals surface area contributed by atoms with Gasteiger partial charge in [-0.2, -0.15) is 0 Å². The minimum Gasteiger partial charge on any atom is -0.493 e. The molecule has 2 amide bonds. The molecule has 2 N–H and O–H groups in total. The first-order valence-electron chi connectivity index (χ1n) is 10.1. The Morgan fingerprint density at radius 2 is 2.13 bits per heavy atom. The van der Waals surface area contributed by atoms with Gasteiger partial charge >= 0.3 is 6.09 Å². The molecule has 30 heavy (non-hydrogen) atoms. The van der Waals surface area contributed by atoms with Crippen LogP contribution in [0, 0.1) is 6.92 Å². The topological polar surface area (TPSA) is 105 Å². The monoisotopic (exact) mass is 418 g/mol. The van der Waals surface area contributed by atoms with Gasteiger partial charge in [-0.15, -0.1) is 0 Å². The first kappa shape index (κ1) is 23.4. The number of aliphatic hydroxyl groups excluding tert-OH is 1. The summed E-state index contributed by atoms with van der Waals surface area (Å²) in [7, 11) is 0. The van der Waals surface area contributed by atoms with Crippen LogP contribution in [0.4, 0.5) is 10.5 Å². The summed E-state index contributed by atoms with van der Waals surface area (Å²) in [6, 6.07) is 3.02. The molecule has 1 aliphatic rings.